The van der Waals surface area contributed by atoms with Gasteiger partial charge >= 0.3 is 0 Å². The van der Waals surface area contributed by atoms with Crippen LogP contribution in [-0.4, -0.2) is 24.4 Å². The molecule has 14 heavy (non-hydrogen) atoms. The molecule has 3 heteroatoms. The lowest BCUT2D eigenvalue weighted by atomic mass is 9.88. The smallest absolute Gasteiger partial charge is 0.119 e. The molecule has 1 aromatic carbocycles. The zero-order chi connectivity index (χ0) is 9.97. The molecular weight excluding hydrogens is 181 g/mol. The molecule has 76 valence electrons. The lowest BCUT2D eigenvalue weighted by Crippen LogP contribution is -2.36. The van der Waals surface area contributed by atoms with E-state index >= 15 is 0 Å². The minimum Gasteiger partial charge on any atom is -0.508 e. The molecule has 2 rings (SSSR count). The second-order valence-electron chi connectivity index (χ2n) is 3.67. The molecule has 1 aliphatic rings. The van der Waals surface area contributed by atoms with Crippen molar-refractivity contribution in [2.45, 2.75) is 18.5 Å². The molecule has 1 fully saturated rings. The number of nitrogens with one attached hydrogen (secondary N) is 1. The van der Waals surface area contributed by atoms with E-state index in [9.17, 15) is 9.50 Å². The minimum atomic E-state index is -0.892. The van der Waals surface area contributed by atoms with Crippen LogP contribution in [0.25, 0.3) is 0 Å². The third-order valence-corrected chi connectivity index (χ3v) is 2.74. The van der Waals surface area contributed by atoms with Gasteiger partial charge in [0.25, 0.3) is 0 Å². The topological polar surface area (TPSA) is 32.3 Å². The van der Waals surface area contributed by atoms with Crippen molar-refractivity contribution in [2.24, 2.45) is 0 Å². The van der Waals surface area contributed by atoms with Gasteiger partial charge in [-0.25, -0.2) is 4.39 Å². The minimum absolute atomic E-state index is 0.155. The number of para-hydroxylation sites is 1. The number of piperidine rings is 1. The largest absolute Gasteiger partial charge is 0.508 e. The Morgan fingerprint density at radius 3 is 2.86 bits per heavy atom. The molecule has 0 saturated carbocycles. The SMILES string of the molecule is Oc1ccccc1C1CCNCC1F. The van der Waals surface area contributed by atoms with Crippen molar-refractivity contribution in [2.75, 3.05) is 13.1 Å². The van der Waals surface area contributed by atoms with Crippen LogP contribution in [0.5, 0.6) is 5.75 Å². The van der Waals surface area contributed by atoms with E-state index in [1.165, 1.54) is 0 Å². The van der Waals surface area contributed by atoms with Gasteiger partial charge in [-0.2, -0.15) is 0 Å². The Balaban J connectivity index is 2.25. The van der Waals surface area contributed by atoms with Crippen molar-refractivity contribution < 1.29 is 9.50 Å². The molecule has 0 spiro atoms. The monoisotopic (exact) mass is 195 g/mol. The van der Waals surface area contributed by atoms with E-state index in [4.69, 9.17) is 0 Å². The number of benzene rings is 1. The summed E-state index contributed by atoms with van der Waals surface area (Å²) < 4.78 is 13.5. The van der Waals surface area contributed by atoms with Crippen LogP contribution in [-0.2, 0) is 0 Å². The summed E-state index contributed by atoms with van der Waals surface area (Å²) in [4.78, 5) is 0. The summed E-state index contributed by atoms with van der Waals surface area (Å²) in [5.74, 6) is 0.0551. The molecule has 1 aromatic rings. The van der Waals surface area contributed by atoms with Crippen molar-refractivity contribution in [1.82, 2.24) is 5.32 Å². The second-order valence-corrected chi connectivity index (χ2v) is 3.67. The highest BCUT2D eigenvalue weighted by atomic mass is 19.1. The van der Waals surface area contributed by atoms with E-state index in [1.807, 2.05) is 6.07 Å². The molecule has 2 nitrogen and oxygen atoms in total. The lowest BCUT2D eigenvalue weighted by Gasteiger charge is -2.27. The van der Waals surface area contributed by atoms with Crippen molar-refractivity contribution >= 4 is 0 Å². The van der Waals surface area contributed by atoms with Gasteiger partial charge in [0.1, 0.15) is 11.9 Å². The van der Waals surface area contributed by atoms with Crippen LogP contribution in [0.1, 0.15) is 17.9 Å². The third-order valence-electron chi connectivity index (χ3n) is 2.74. The van der Waals surface area contributed by atoms with E-state index in [1.54, 1.807) is 18.2 Å². The normalized spacial score (nSPS) is 27.5. The number of phenols is 1. The molecule has 1 heterocycles. The number of hydrogen-bond acceptors (Lipinski definition) is 2. The molecule has 2 unspecified atom stereocenters. The van der Waals surface area contributed by atoms with Crippen molar-refractivity contribution in [1.29, 1.82) is 0 Å². The van der Waals surface area contributed by atoms with Crippen LogP contribution in [0.3, 0.4) is 0 Å². The van der Waals surface area contributed by atoms with Crippen LogP contribution in [0.2, 0.25) is 0 Å². The van der Waals surface area contributed by atoms with Crippen molar-refractivity contribution in [3.63, 3.8) is 0 Å². The maximum absolute atomic E-state index is 13.5. The van der Waals surface area contributed by atoms with E-state index < -0.39 is 6.17 Å². The molecule has 2 N–H and O–H groups in total. The summed E-state index contributed by atoms with van der Waals surface area (Å²) in [7, 11) is 0. The van der Waals surface area contributed by atoms with E-state index in [0.29, 0.717) is 6.54 Å². The average molecular weight is 195 g/mol. The predicted molar refractivity (Wildman–Crippen MR) is 53.2 cm³/mol. The summed E-state index contributed by atoms with van der Waals surface area (Å²) in [6.45, 7) is 1.21. The lowest BCUT2D eigenvalue weighted by molar-refractivity contribution is 0.228. The molecule has 0 aromatic heterocycles. The molecule has 2 atom stereocenters. The summed E-state index contributed by atoms with van der Waals surface area (Å²) in [5, 5.41) is 12.6. The molecule has 0 radical (unpaired) electrons. The van der Waals surface area contributed by atoms with Gasteiger partial charge in [0.15, 0.2) is 0 Å². The molecule has 1 saturated heterocycles. The fourth-order valence-electron chi connectivity index (χ4n) is 1.97. The number of phenolic OH excluding ortho intramolecular Hbond substituents is 1. The first kappa shape index (κ1) is 9.46. The van der Waals surface area contributed by atoms with Gasteiger partial charge in [-0.1, -0.05) is 18.2 Å². The van der Waals surface area contributed by atoms with Gasteiger partial charge < -0.3 is 10.4 Å². The zero-order valence-corrected chi connectivity index (χ0v) is 7.91. The highest BCUT2D eigenvalue weighted by Gasteiger charge is 2.27. The number of rotatable bonds is 1. The Morgan fingerprint density at radius 1 is 1.36 bits per heavy atom. The maximum Gasteiger partial charge on any atom is 0.119 e. The Labute approximate surface area is 82.8 Å². The Bertz CT molecular complexity index is 316. The van der Waals surface area contributed by atoms with Gasteiger partial charge in [0.2, 0.25) is 0 Å². The van der Waals surface area contributed by atoms with Gasteiger partial charge in [-0.05, 0) is 24.6 Å². The van der Waals surface area contributed by atoms with Gasteiger partial charge in [-0.3, -0.25) is 0 Å². The van der Waals surface area contributed by atoms with E-state index in [0.717, 1.165) is 18.5 Å². The quantitative estimate of drug-likeness (QED) is 0.716. The first-order valence-electron chi connectivity index (χ1n) is 4.91. The number of aromatic hydroxyl groups is 1. The highest BCUT2D eigenvalue weighted by Crippen LogP contribution is 2.33. The van der Waals surface area contributed by atoms with Crippen molar-refractivity contribution in [3.05, 3.63) is 29.8 Å². The van der Waals surface area contributed by atoms with E-state index in [2.05, 4.69) is 5.32 Å². The molecule has 0 bridgehead atoms. The van der Waals surface area contributed by atoms with Gasteiger partial charge in [-0.15, -0.1) is 0 Å². The summed E-state index contributed by atoms with van der Waals surface area (Å²) in [5.41, 5.74) is 0.738. The third kappa shape index (κ3) is 1.73. The first-order valence-corrected chi connectivity index (χ1v) is 4.91. The molecular formula is C11H14FNO. The number of halogens is 1. The van der Waals surface area contributed by atoms with Crippen LogP contribution in [0.4, 0.5) is 4.39 Å². The predicted octanol–water partition coefficient (Wildman–Crippen LogP) is 1.81. The summed E-state index contributed by atoms with van der Waals surface area (Å²) >= 11 is 0. The molecule has 0 amide bonds. The summed E-state index contributed by atoms with van der Waals surface area (Å²) in [6, 6.07) is 7.01. The molecule has 0 aliphatic carbocycles. The van der Waals surface area contributed by atoms with Crippen LogP contribution in [0, 0.1) is 0 Å². The Kier molecular flexibility index (Phi) is 2.68. The summed E-state index contributed by atoms with van der Waals surface area (Å²) in [6.07, 6.45) is -0.143. The first-order chi connectivity index (χ1) is 6.79. The van der Waals surface area contributed by atoms with Gasteiger partial charge in [0, 0.05) is 12.5 Å². The second kappa shape index (κ2) is 3.96. The Morgan fingerprint density at radius 2 is 2.14 bits per heavy atom. The van der Waals surface area contributed by atoms with Gasteiger partial charge in [0.05, 0.1) is 0 Å². The number of alkyl halides is 1. The van der Waals surface area contributed by atoms with Crippen LogP contribution < -0.4 is 5.32 Å². The van der Waals surface area contributed by atoms with E-state index in [-0.39, 0.29) is 11.7 Å². The van der Waals surface area contributed by atoms with Crippen LogP contribution in [0.15, 0.2) is 24.3 Å². The number of hydrogen-bond donors (Lipinski definition) is 2. The maximum atomic E-state index is 13.5. The van der Waals surface area contributed by atoms with Crippen molar-refractivity contribution in [3.8, 4) is 5.75 Å². The average Bonchev–Trinajstić information content (AvgIpc) is 2.20. The van der Waals surface area contributed by atoms with Crippen LogP contribution >= 0.6 is 0 Å². The fourth-order valence-corrected chi connectivity index (χ4v) is 1.97. The fraction of sp³-hybridized carbons (Fsp3) is 0.455. The zero-order valence-electron chi connectivity index (χ0n) is 7.91. The Hall–Kier alpha value is -1.09. The standard InChI is InChI=1S/C11H14FNO/c12-10-7-13-6-5-8(10)9-3-1-2-4-11(9)14/h1-4,8,10,13-14H,5-7H2. The molecule has 1 aliphatic heterocycles. The highest BCUT2D eigenvalue weighted by molar-refractivity contribution is 5.36.